The topological polar surface area (TPSA) is 41.4 Å². The lowest BCUT2D eigenvalue weighted by Crippen LogP contribution is -2.47. The van der Waals surface area contributed by atoms with Gasteiger partial charge in [-0.25, -0.2) is 0 Å². The molecule has 1 saturated heterocycles. The van der Waals surface area contributed by atoms with Crippen molar-refractivity contribution >= 4 is 12.0 Å². The van der Waals surface area contributed by atoms with Gasteiger partial charge in [-0.3, -0.25) is 14.4 Å². The fraction of sp³-hybridized carbons (Fsp3) is 0.368. The van der Waals surface area contributed by atoms with Gasteiger partial charge in [-0.2, -0.15) is 5.10 Å². The molecule has 5 heteroatoms. The molecule has 2 heterocycles. The van der Waals surface area contributed by atoms with Gasteiger partial charge in [0.15, 0.2) is 0 Å². The Balaban J connectivity index is 1.50. The Morgan fingerprint density at radius 1 is 1.21 bits per heavy atom. The quantitative estimate of drug-likeness (QED) is 0.809. The number of hydrogen-bond acceptors (Lipinski definition) is 3. The first-order valence-electron chi connectivity index (χ1n) is 8.34. The molecule has 126 valence electrons. The van der Waals surface area contributed by atoms with Crippen LogP contribution in [0.3, 0.4) is 0 Å². The first-order chi connectivity index (χ1) is 11.6. The molecule has 1 aromatic heterocycles. The van der Waals surface area contributed by atoms with Crippen LogP contribution in [0.5, 0.6) is 0 Å². The molecule has 1 amide bonds. The fourth-order valence-electron chi connectivity index (χ4n) is 2.95. The summed E-state index contributed by atoms with van der Waals surface area (Å²) in [6.07, 6.45) is 7.12. The highest BCUT2D eigenvalue weighted by atomic mass is 16.2. The maximum atomic E-state index is 12.3. The zero-order chi connectivity index (χ0) is 16.9. The summed E-state index contributed by atoms with van der Waals surface area (Å²) >= 11 is 0. The van der Waals surface area contributed by atoms with Gasteiger partial charge < -0.3 is 4.90 Å². The van der Waals surface area contributed by atoms with Gasteiger partial charge in [0.1, 0.15) is 0 Å². The molecule has 0 saturated carbocycles. The van der Waals surface area contributed by atoms with Gasteiger partial charge in [-0.15, -0.1) is 0 Å². The molecule has 0 atom stereocenters. The number of carbonyl (C=O) groups excluding carboxylic acids is 1. The molecule has 0 bridgehead atoms. The number of rotatable bonds is 4. The van der Waals surface area contributed by atoms with Gasteiger partial charge in [0, 0.05) is 57.6 Å². The first-order valence-corrected chi connectivity index (χ1v) is 8.34. The van der Waals surface area contributed by atoms with Crippen LogP contribution in [0.1, 0.15) is 16.7 Å². The molecule has 0 radical (unpaired) electrons. The molecule has 0 N–H and O–H groups in total. The van der Waals surface area contributed by atoms with E-state index in [2.05, 4.69) is 41.2 Å². The summed E-state index contributed by atoms with van der Waals surface area (Å²) in [4.78, 5) is 16.6. The third-order valence-electron chi connectivity index (χ3n) is 4.48. The molecule has 2 aromatic rings. The van der Waals surface area contributed by atoms with E-state index in [1.54, 1.807) is 17.0 Å². The second-order valence-electron chi connectivity index (χ2n) is 6.31. The summed E-state index contributed by atoms with van der Waals surface area (Å²) in [7, 11) is 1.87. The molecular formula is C19H24N4O. The largest absolute Gasteiger partial charge is 0.337 e. The second-order valence-corrected chi connectivity index (χ2v) is 6.31. The number of hydrogen-bond donors (Lipinski definition) is 0. The molecule has 5 nitrogen and oxygen atoms in total. The summed E-state index contributed by atoms with van der Waals surface area (Å²) in [6.45, 7) is 6.50. The Bertz CT molecular complexity index is 726. The van der Waals surface area contributed by atoms with Gasteiger partial charge in [0.2, 0.25) is 5.91 Å². The lowest BCUT2D eigenvalue weighted by Gasteiger charge is -2.34. The van der Waals surface area contributed by atoms with Gasteiger partial charge in [-0.1, -0.05) is 24.3 Å². The van der Waals surface area contributed by atoms with Crippen LogP contribution >= 0.6 is 0 Å². The fourth-order valence-corrected chi connectivity index (χ4v) is 2.95. The monoisotopic (exact) mass is 324 g/mol. The highest BCUT2D eigenvalue weighted by molar-refractivity contribution is 5.91. The first kappa shape index (κ1) is 16.5. The molecular weight excluding hydrogens is 300 g/mol. The van der Waals surface area contributed by atoms with Gasteiger partial charge in [-0.05, 0) is 24.1 Å². The van der Waals surface area contributed by atoms with E-state index in [1.807, 2.05) is 24.2 Å². The molecule has 1 aromatic carbocycles. The standard InChI is InChI=1S/C19H24N4O/c1-16-5-3-4-6-18(16)15-22-9-11-23(12-10-22)19(24)8-7-17-13-20-21(2)14-17/h3-8,13-14H,9-12,15H2,1-2H3/b8-7+. The molecule has 3 rings (SSSR count). The van der Waals surface area contributed by atoms with Crippen LogP contribution in [-0.2, 0) is 18.4 Å². The van der Waals surface area contributed by atoms with E-state index in [0.29, 0.717) is 0 Å². The van der Waals surface area contributed by atoms with Crippen LogP contribution in [0, 0.1) is 6.92 Å². The Kier molecular flexibility index (Phi) is 5.11. The lowest BCUT2D eigenvalue weighted by molar-refractivity contribution is -0.127. The van der Waals surface area contributed by atoms with E-state index in [-0.39, 0.29) is 5.91 Å². The Morgan fingerprint density at radius 2 is 1.96 bits per heavy atom. The predicted molar refractivity (Wildman–Crippen MR) is 95.3 cm³/mol. The lowest BCUT2D eigenvalue weighted by atomic mass is 10.1. The number of benzene rings is 1. The van der Waals surface area contributed by atoms with Crippen molar-refractivity contribution in [3.63, 3.8) is 0 Å². The zero-order valence-corrected chi connectivity index (χ0v) is 14.4. The summed E-state index contributed by atoms with van der Waals surface area (Å²) in [5, 5.41) is 4.10. The number of nitrogens with zero attached hydrogens (tertiary/aromatic N) is 4. The van der Waals surface area contributed by atoms with E-state index in [9.17, 15) is 4.79 Å². The van der Waals surface area contributed by atoms with Crippen molar-refractivity contribution in [2.24, 2.45) is 7.05 Å². The van der Waals surface area contributed by atoms with E-state index in [0.717, 1.165) is 38.3 Å². The van der Waals surface area contributed by atoms with Crippen LogP contribution in [0.2, 0.25) is 0 Å². The molecule has 0 aliphatic carbocycles. The van der Waals surface area contributed by atoms with Crippen molar-refractivity contribution in [2.75, 3.05) is 26.2 Å². The number of aromatic nitrogens is 2. The normalized spacial score (nSPS) is 16.0. The van der Waals surface area contributed by atoms with Gasteiger partial charge in [0.25, 0.3) is 0 Å². The van der Waals surface area contributed by atoms with Crippen LogP contribution in [0.25, 0.3) is 6.08 Å². The Hall–Kier alpha value is -2.40. The molecule has 1 aliphatic heterocycles. The van der Waals surface area contributed by atoms with Gasteiger partial charge >= 0.3 is 0 Å². The summed E-state index contributed by atoms with van der Waals surface area (Å²) in [5.74, 6) is 0.0781. The molecule has 1 fully saturated rings. The number of carbonyl (C=O) groups is 1. The maximum Gasteiger partial charge on any atom is 0.246 e. The third-order valence-corrected chi connectivity index (χ3v) is 4.48. The second kappa shape index (κ2) is 7.45. The average Bonchev–Trinajstić information content (AvgIpc) is 3.01. The van der Waals surface area contributed by atoms with Crippen LogP contribution in [0.4, 0.5) is 0 Å². The highest BCUT2D eigenvalue weighted by Gasteiger charge is 2.19. The minimum absolute atomic E-state index is 0.0781. The highest BCUT2D eigenvalue weighted by Crippen LogP contribution is 2.13. The third kappa shape index (κ3) is 4.11. The van der Waals surface area contributed by atoms with Crippen molar-refractivity contribution in [3.05, 3.63) is 59.4 Å². The zero-order valence-electron chi connectivity index (χ0n) is 14.4. The van der Waals surface area contributed by atoms with Crippen molar-refractivity contribution < 1.29 is 4.79 Å². The summed E-state index contributed by atoms with van der Waals surface area (Å²) in [5.41, 5.74) is 3.65. The summed E-state index contributed by atoms with van der Waals surface area (Å²) in [6, 6.07) is 8.50. The SMILES string of the molecule is Cc1ccccc1CN1CCN(C(=O)/C=C/c2cnn(C)c2)CC1. The van der Waals surface area contributed by atoms with Crippen LogP contribution in [-0.4, -0.2) is 51.7 Å². The minimum atomic E-state index is 0.0781. The average molecular weight is 324 g/mol. The molecule has 24 heavy (non-hydrogen) atoms. The Labute approximate surface area is 143 Å². The van der Waals surface area contributed by atoms with Crippen molar-refractivity contribution in [2.45, 2.75) is 13.5 Å². The Morgan fingerprint density at radius 3 is 2.62 bits per heavy atom. The van der Waals surface area contributed by atoms with E-state index >= 15 is 0 Å². The van der Waals surface area contributed by atoms with E-state index in [1.165, 1.54) is 11.1 Å². The van der Waals surface area contributed by atoms with Crippen molar-refractivity contribution in [1.29, 1.82) is 0 Å². The molecule has 0 unspecified atom stereocenters. The minimum Gasteiger partial charge on any atom is -0.337 e. The number of amides is 1. The van der Waals surface area contributed by atoms with Crippen molar-refractivity contribution in [1.82, 2.24) is 19.6 Å². The predicted octanol–water partition coefficient (Wildman–Crippen LogP) is 2.09. The van der Waals surface area contributed by atoms with Crippen molar-refractivity contribution in [3.8, 4) is 0 Å². The van der Waals surface area contributed by atoms with E-state index < -0.39 is 0 Å². The number of aryl methyl sites for hydroxylation is 2. The van der Waals surface area contributed by atoms with Crippen LogP contribution < -0.4 is 0 Å². The maximum absolute atomic E-state index is 12.3. The summed E-state index contributed by atoms with van der Waals surface area (Å²) < 4.78 is 1.73. The molecule has 0 spiro atoms. The number of piperazine rings is 1. The smallest absolute Gasteiger partial charge is 0.246 e. The van der Waals surface area contributed by atoms with E-state index in [4.69, 9.17) is 0 Å². The van der Waals surface area contributed by atoms with Crippen LogP contribution in [0.15, 0.2) is 42.7 Å². The molecule has 1 aliphatic rings. The van der Waals surface area contributed by atoms with Gasteiger partial charge in [0.05, 0.1) is 6.20 Å².